The highest BCUT2D eigenvalue weighted by Crippen LogP contribution is 2.36. The predicted octanol–water partition coefficient (Wildman–Crippen LogP) is 1.52. The number of rotatable bonds is 2. The summed E-state index contributed by atoms with van der Waals surface area (Å²) in [5, 5.41) is 18.4. The average Bonchev–Trinajstić information content (AvgIpc) is 2.98. The molecule has 2 bridgehead atoms. The van der Waals surface area contributed by atoms with Crippen molar-refractivity contribution in [2.24, 2.45) is 0 Å². The van der Waals surface area contributed by atoms with Crippen molar-refractivity contribution < 1.29 is 9.90 Å². The van der Waals surface area contributed by atoms with Gasteiger partial charge in [-0.05, 0) is 12.0 Å². The first-order valence-electron chi connectivity index (χ1n) is 6.39. The van der Waals surface area contributed by atoms with Crippen molar-refractivity contribution in [1.29, 1.82) is 5.26 Å². The van der Waals surface area contributed by atoms with E-state index in [1.165, 1.54) is 4.90 Å². The number of amides is 1. The topological polar surface area (TPSA) is 67.6 Å². The zero-order chi connectivity index (χ0) is 13.4. The molecule has 98 valence electrons. The smallest absolute Gasteiger partial charge is 0.407 e. The maximum Gasteiger partial charge on any atom is 0.407 e. The summed E-state index contributed by atoms with van der Waals surface area (Å²) in [4.78, 5) is 14.7. The molecule has 19 heavy (non-hydrogen) atoms. The van der Waals surface area contributed by atoms with Crippen molar-refractivity contribution in [2.75, 3.05) is 6.54 Å². The van der Waals surface area contributed by atoms with E-state index in [1.54, 1.807) is 0 Å². The summed E-state index contributed by atoms with van der Waals surface area (Å²) >= 11 is 0. The van der Waals surface area contributed by atoms with E-state index in [2.05, 4.69) is 11.0 Å². The minimum Gasteiger partial charge on any atom is -0.465 e. The number of fused-ring (bicyclic) bond motifs is 2. The summed E-state index contributed by atoms with van der Waals surface area (Å²) < 4.78 is 0. The molecule has 0 spiro atoms. The number of nitriles is 1. The number of benzene rings is 1. The molecule has 3 rings (SSSR count). The molecule has 2 saturated heterocycles. The van der Waals surface area contributed by atoms with E-state index in [9.17, 15) is 10.1 Å². The standard InChI is InChI=1S/C14H15N3O2/c15-7-13-12-6-11(9-17(12)14(18)19)16(13)8-10-4-2-1-3-5-10/h1-5,11-13H,6,8-9H2,(H,18,19)/t11?,12-,13?/m1/s1. The molecule has 1 aromatic rings. The molecule has 3 atom stereocenters. The number of carboxylic acid groups (broad SMARTS) is 1. The summed E-state index contributed by atoms with van der Waals surface area (Å²) in [5.41, 5.74) is 1.16. The summed E-state index contributed by atoms with van der Waals surface area (Å²) in [6.45, 7) is 1.23. The molecule has 1 N–H and O–H groups in total. The van der Waals surface area contributed by atoms with E-state index in [-0.39, 0.29) is 18.1 Å². The maximum absolute atomic E-state index is 11.1. The van der Waals surface area contributed by atoms with Crippen molar-refractivity contribution in [2.45, 2.75) is 31.1 Å². The van der Waals surface area contributed by atoms with E-state index in [0.717, 1.165) is 12.0 Å². The molecular formula is C14H15N3O2. The lowest BCUT2D eigenvalue weighted by Gasteiger charge is -2.36. The first-order chi connectivity index (χ1) is 9.20. The third-order valence-electron chi connectivity index (χ3n) is 4.10. The highest BCUT2D eigenvalue weighted by molar-refractivity contribution is 5.66. The highest BCUT2D eigenvalue weighted by atomic mass is 16.4. The van der Waals surface area contributed by atoms with Crippen LogP contribution in [0.1, 0.15) is 12.0 Å². The molecular weight excluding hydrogens is 242 g/mol. The van der Waals surface area contributed by atoms with Crippen LogP contribution in [0.3, 0.4) is 0 Å². The van der Waals surface area contributed by atoms with E-state index < -0.39 is 6.09 Å². The Bertz CT molecular complexity index is 525. The van der Waals surface area contributed by atoms with Crippen LogP contribution >= 0.6 is 0 Å². The van der Waals surface area contributed by atoms with Crippen LogP contribution in [0.5, 0.6) is 0 Å². The Kier molecular flexibility index (Phi) is 2.88. The van der Waals surface area contributed by atoms with E-state index in [0.29, 0.717) is 13.1 Å². The van der Waals surface area contributed by atoms with E-state index in [1.807, 2.05) is 30.3 Å². The summed E-state index contributed by atoms with van der Waals surface area (Å²) in [7, 11) is 0. The first-order valence-corrected chi connectivity index (χ1v) is 6.39. The Morgan fingerprint density at radius 3 is 2.79 bits per heavy atom. The molecule has 2 aliphatic rings. The Morgan fingerprint density at radius 2 is 2.16 bits per heavy atom. The SMILES string of the molecule is N#CC1[C@H]2CC(CN2C(=O)O)N1Cc1ccccc1. The van der Waals surface area contributed by atoms with Crippen LogP contribution in [0.2, 0.25) is 0 Å². The van der Waals surface area contributed by atoms with Gasteiger partial charge in [-0.15, -0.1) is 0 Å². The van der Waals surface area contributed by atoms with Gasteiger partial charge in [0.15, 0.2) is 0 Å². The fraction of sp³-hybridized carbons (Fsp3) is 0.429. The summed E-state index contributed by atoms with van der Waals surface area (Å²) in [6, 6.07) is 12.0. The fourth-order valence-electron chi connectivity index (χ4n) is 3.23. The van der Waals surface area contributed by atoms with Crippen LogP contribution in [0.25, 0.3) is 0 Å². The second-order valence-corrected chi connectivity index (χ2v) is 5.12. The second-order valence-electron chi connectivity index (χ2n) is 5.12. The van der Waals surface area contributed by atoms with E-state index in [4.69, 9.17) is 5.11 Å². The molecule has 1 amide bonds. The number of piperazine rings is 1. The molecule has 0 aliphatic carbocycles. The summed E-state index contributed by atoms with van der Waals surface area (Å²) in [5.74, 6) is 0. The van der Waals surface area contributed by atoms with Gasteiger partial charge in [-0.2, -0.15) is 5.26 Å². The Labute approximate surface area is 111 Å². The van der Waals surface area contributed by atoms with Crippen LogP contribution in [0.15, 0.2) is 30.3 Å². The number of likely N-dealkylation sites (tertiary alicyclic amines) is 2. The number of carbonyl (C=O) groups is 1. The van der Waals surface area contributed by atoms with Gasteiger partial charge in [-0.3, -0.25) is 4.90 Å². The molecule has 0 radical (unpaired) electrons. The number of hydrogen-bond donors (Lipinski definition) is 1. The van der Waals surface area contributed by atoms with E-state index >= 15 is 0 Å². The van der Waals surface area contributed by atoms with Crippen LogP contribution in [0.4, 0.5) is 4.79 Å². The Morgan fingerprint density at radius 1 is 1.42 bits per heavy atom. The van der Waals surface area contributed by atoms with Gasteiger partial charge < -0.3 is 10.0 Å². The minimum absolute atomic E-state index is 0.170. The largest absolute Gasteiger partial charge is 0.465 e. The van der Waals surface area contributed by atoms with Crippen LogP contribution in [0, 0.1) is 11.3 Å². The van der Waals surface area contributed by atoms with Gasteiger partial charge >= 0.3 is 6.09 Å². The molecule has 2 aliphatic heterocycles. The maximum atomic E-state index is 11.1. The van der Waals surface area contributed by atoms with Crippen molar-refractivity contribution >= 4 is 6.09 Å². The zero-order valence-electron chi connectivity index (χ0n) is 10.4. The lowest BCUT2D eigenvalue weighted by molar-refractivity contribution is 0.0805. The van der Waals surface area contributed by atoms with Crippen molar-refractivity contribution in [3.05, 3.63) is 35.9 Å². The number of nitrogens with zero attached hydrogens (tertiary/aromatic N) is 3. The van der Waals surface area contributed by atoms with Crippen LogP contribution < -0.4 is 0 Å². The molecule has 5 nitrogen and oxygen atoms in total. The van der Waals surface area contributed by atoms with Crippen LogP contribution in [-0.2, 0) is 6.54 Å². The Balaban J connectivity index is 1.78. The normalized spacial score (nSPS) is 29.4. The van der Waals surface area contributed by atoms with Gasteiger partial charge in [-0.25, -0.2) is 4.79 Å². The van der Waals surface area contributed by atoms with Gasteiger partial charge in [0, 0.05) is 19.1 Å². The molecule has 2 unspecified atom stereocenters. The fourth-order valence-corrected chi connectivity index (χ4v) is 3.23. The molecule has 0 aromatic heterocycles. The zero-order valence-corrected chi connectivity index (χ0v) is 10.4. The van der Waals surface area contributed by atoms with Gasteiger partial charge in [0.1, 0.15) is 6.04 Å². The third kappa shape index (κ3) is 1.94. The lowest BCUT2D eigenvalue weighted by atomic mass is 10.1. The molecule has 1 aromatic carbocycles. The Hall–Kier alpha value is -2.06. The quantitative estimate of drug-likeness (QED) is 0.872. The van der Waals surface area contributed by atoms with Gasteiger partial charge in [0.2, 0.25) is 0 Å². The monoisotopic (exact) mass is 257 g/mol. The van der Waals surface area contributed by atoms with Crippen LogP contribution in [-0.4, -0.2) is 45.7 Å². The molecule has 0 saturated carbocycles. The number of hydrogen-bond acceptors (Lipinski definition) is 3. The molecule has 2 heterocycles. The van der Waals surface area contributed by atoms with Gasteiger partial charge in [0.05, 0.1) is 12.1 Å². The third-order valence-corrected chi connectivity index (χ3v) is 4.10. The second kappa shape index (κ2) is 4.56. The van der Waals surface area contributed by atoms with Crippen molar-refractivity contribution in [1.82, 2.24) is 9.80 Å². The average molecular weight is 257 g/mol. The molecule has 5 heteroatoms. The van der Waals surface area contributed by atoms with Crippen molar-refractivity contribution in [3.8, 4) is 6.07 Å². The van der Waals surface area contributed by atoms with Gasteiger partial charge in [-0.1, -0.05) is 30.3 Å². The minimum atomic E-state index is -0.910. The lowest BCUT2D eigenvalue weighted by Crippen LogP contribution is -2.53. The highest BCUT2D eigenvalue weighted by Gasteiger charge is 2.52. The first kappa shape index (κ1) is 12.0. The predicted molar refractivity (Wildman–Crippen MR) is 68.3 cm³/mol. The van der Waals surface area contributed by atoms with Gasteiger partial charge in [0.25, 0.3) is 0 Å². The van der Waals surface area contributed by atoms with Crippen molar-refractivity contribution in [3.63, 3.8) is 0 Å². The summed E-state index contributed by atoms with van der Waals surface area (Å²) in [6.07, 6.45) is -0.135. The molecule has 2 fully saturated rings.